The van der Waals surface area contributed by atoms with Gasteiger partial charge in [0.05, 0.1) is 11.7 Å². The SMILES string of the molecule is Cc1cc(Cl)ccc1C(O)C1CCOC2(CCOCC2)C1. The lowest BCUT2D eigenvalue weighted by Crippen LogP contribution is -2.45. The highest BCUT2D eigenvalue weighted by atomic mass is 35.5. The zero-order valence-corrected chi connectivity index (χ0v) is 13.2. The minimum atomic E-state index is -0.439. The van der Waals surface area contributed by atoms with Crippen molar-refractivity contribution in [3.8, 4) is 0 Å². The van der Waals surface area contributed by atoms with Gasteiger partial charge >= 0.3 is 0 Å². The van der Waals surface area contributed by atoms with Gasteiger partial charge in [-0.3, -0.25) is 0 Å². The van der Waals surface area contributed by atoms with Crippen LogP contribution in [0.4, 0.5) is 0 Å². The molecule has 2 unspecified atom stereocenters. The van der Waals surface area contributed by atoms with E-state index in [1.807, 2.05) is 25.1 Å². The summed E-state index contributed by atoms with van der Waals surface area (Å²) in [6.45, 7) is 4.27. The molecule has 2 heterocycles. The molecule has 2 fully saturated rings. The molecule has 1 spiro atoms. The van der Waals surface area contributed by atoms with Gasteiger partial charge < -0.3 is 14.6 Å². The molecular weight excluding hydrogens is 288 g/mol. The van der Waals surface area contributed by atoms with Gasteiger partial charge in [-0.2, -0.15) is 0 Å². The van der Waals surface area contributed by atoms with Crippen molar-refractivity contribution in [2.75, 3.05) is 19.8 Å². The quantitative estimate of drug-likeness (QED) is 0.906. The third kappa shape index (κ3) is 3.26. The van der Waals surface area contributed by atoms with E-state index in [0.29, 0.717) is 0 Å². The van der Waals surface area contributed by atoms with Crippen LogP contribution in [0.25, 0.3) is 0 Å². The molecule has 116 valence electrons. The van der Waals surface area contributed by atoms with Gasteiger partial charge in [-0.05, 0) is 61.8 Å². The van der Waals surface area contributed by atoms with Gasteiger partial charge in [0.15, 0.2) is 0 Å². The summed E-state index contributed by atoms with van der Waals surface area (Å²) in [6, 6.07) is 5.73. The van der Waals surface area contributed by atoms with Crippen molar-refractivity contribution in [3.63, 3.8) is 0 Å². The molecule has 2 saturated heterocycles. The van der Waals surface area contributed by atoms with E-state index in [4.69, 9.17) is 21.1 Å². The Balaban J connectivity index is 1.76. The van der Waals surface area contributed by atoms with E-state index < -0.39 is 6.10 Å². The Morgan fingerprint density at radius 2 is 2.05 bits per heavy atom. The monoisotopic (exact) mass is 310 g/mol. The van der Waals surface area contributed by atoms with Crippen molar-refractivity contribution >= 4 is 11.6 Å². The number of hydrogen-bond acceptors (Lipinski definition) is 3. The lowest BCUT2D eigenvalue weighted by molar-refractivity contribution is -0.159. The molecule has 2 atom stereocenters. The second kappa shape index (κ2) is 6.25. The Kier molecular flexibility index (Phi) is 4.55. The second-order valence-electron chi connectivity index (χ2n) is 6.34. The van der Waals surface area contributed by atoms with Crippen molar-refractivity contribution in [2.45, 2.75) is 44.3 Å². The molecule has 0 bridgehead atoms. The lowest BCUT2D eigenvalue weighted by atomic mass is 9.77. The molecule has 0 amide bonds. The normalized spacial score (nSPS) is 26.7. The standard InChI is InChI=1S/C17H23ClO3/c1-12-10-14(18)2-3-15(12)16(19)13-4-7-21-17(11-13)5-8-20-9-6-17/h2-3,10,13,16,19H,4-9,11H2,1H3. The van der Waals surface area contributed by atoms with Crippen LogP contribution in [0.3, 0.4) is 0 Å². The summed E-state index contributed by atoms with van der Waals surface area (Å²) in [6.07, 6.45) is 3.27. The Morgan fingerprint density at radius 1 is 1.29 bits per heavy atom. The fourth-order valence-electron chi connectivity index (χ4n) is 3.65. The molecular formula is C17H23ClO3. The van der Waals surface area contributed by atoms with Crippen molar-refractivity contribution in [3.05, 3.63) is 34.3 Å². The van der Waals surface area contributed by atoms with Crippen LogP contribution in [-0.4, -0.2) is 30.5 Å². The Morgan fingerprint density at radius 3 is 2.76 bits per heavy atom. The molecule has 2 aliphatic heterocycles. The van der Waals surface area contributed by atoms with Gasteiger partial charge in [-0.15, -0.1) is 0 Å². The molecule has 4 heteroatoms. The van der Waals surface area contributed by atoms with E-state index in [1.54, 1.807) is 0 Å². The Bertz CT molecular complexity index is 491. The third-order valence-corrected chi connectivity index (χ3v) is 5.17. The first kappa shape index (κ1) is 15.3. The zero-order chi connectivity index (χ0) is 14.9. The molecule has 1 aromatic rings. The van der Waals surface area contributed by atoms with Crippen LogP contribution >= 0.6 is 11.6 Å². The molecule has 3 nitrogen and oxygen atoms in total. The molecule has 1 aromatic carbocycles. The van der Waals surface area contributed by atoms with Crippen LogP contribution < -0.4 is 0 Å². The summed E-state index contributed by atoms with van der Waals surface area (Å²) in [4.78, 5) is 0. The largest absolute Gasteiger partial charge is 0.388 e. The number of aliphatic hydroxyl groups excluding tert-OH is 1. The van der Waals surface area contributed by atoms with Gasteiger partial charge in [-0.25, -0.2) is 0 Å². The topological polar surface area (TPSA) is 38.7 Å². The molecule has 0 aromatic heterocycles. The molecule has 1 N–H and O–H groups in total. The van der Waals surface area contributed by atoms with E-state index in [-0.39, 0.29) is 11.5 Å². The van der Waals surface area contributed by atoms with Gasteiger partial charge in [0.1, 0.15) is 0 Å². The van der Waals surface area contributed by atoms with Crippen molar-refractivity contribution in [1.29, 1.82) is 0 Å². The summed E-state index contributed by atoms with van der Waals surface area (Å²) in [5.41, 5.74) is 1.97. The van der Waals surface area contributed by atoms with E-state index in [1.165, 1.54) is 0 Å². The molecule has 0 aliphatic carbocycles. The fraction of sp³-hybridized carbons (Fsp3) is 0.647. The molecule has 0 saturated carbocycles. The van der Waals surface area contributed by atoms with Gasteiger partial charge in [0.2, 0.25) is 0 Å². The molecule has 0 radical (unpaired) electrons. The van der Waals surface area contributed by atoms with E-state index >= 15 is 0 Å². The smallest absolute Gasteiger partial charge is 0.0822 e. The fourth-order valence-corrected chi connectivity index (χ4v) is 3.88. The first-order valence-electron chi connectivity index (χ1n) is 7.75. The maximum absolute atomic E-state index is 10.8. The highest BCUT2D eigenvalue weighted by Crippen LogP contribution is 2.42. The molecule has 2 aliphatic rings. The van der Waals surface area contributed by atoms with E-state index in [2.05, 4.69) is 0 Å². The minimum absolute atomic E-state index is 0.0809. The van der Waals surface area contributed by atoms with Crippen LogP contribution in [0.2, 0.25) is 5.02 Å². The van der Waals surface area contributed by atoms with E-state index in [9.17, 15) is 5.11 Å². The number of aliphatic hydroxyl groups is 1. The zero-order valence-electron chi connectivity index (χ0n) is 12.5. The summed E-state index contributed by atoms with van der Waals surface area (Å²) in [5.74, 6) is 0.247. The van der Waals surface area contributed by atoms with Crippen LogP contribution in [0.15, 0.2) is 18.2 Å². The number of halogens is 1. The maximum Gasteiger partial charge on any atom is 0.0822 e. The van der Waals surface area contributed by atoms with Gasteiger partial charge in [0.25, 0.3) is 0 Å². The van der Waals surface area contributed by atoms with Crippen LogP contribution in [0.5, 0.6) is 0 Å². The maximum atomic E-state index is 10.8. The van der Waals surface area contributed by atoms with Crippen LogP contribution in [0, 0.1) is 12.8 Å². The minimum Gasteiger partial charge on any atom is -0.388 e. The van der Waals surface area contributed by atoms with Gasteiger partial charge in [-0.1, -0.05) is 17.7 Å². The average molecular weight is 311 g/mol. The van der Waals surface area contributed by atoms with Crippen molar-refractivity contribution in [2.24, 2.45) is 5.92 Å². The number of rotatable bonds is 2. The summed E-state index contributed by atoms with van der Waals surface area (Å²) < 4.78 is 11.5. The van der Waals surface area contributed by atoms with Crippen molar-refractivity contribution < 1.29 is 14.6 Å². The summed E-state index contributed by atoms with van der Waals surface area (Å²) in [7, 11) is 0. The number of hydrogen-bond donors (Lipinski definition) is 1. The van der Waals surface area contributed by atoms with Crippen LogP contribution in [0.1, 0.15) is 42.9 Å². The number of benzene rings is 1. The first-order chi connectivity index (χ1) is 10.1. The summed E-state index contributed by atoms with van der Waals surface area (Å²) in [5, 5.41) is 11.5. The molecule has 21 heavy (non-hydrogen) atoms. The number of ether oxygens (including phenoxy) is 2. The average Bonchev–Trinajstić information content (AvgIpc) is 2.47. The number of aryl methyl sites for hydroxylation is 1. The highest BCUT2D eigenvalue weighted by Gasteiger charge is 2.41. The van der Waals surface area contributed by atoms with Crippen LogP contribution in [-0.2, 0) is 9.47 Å². The third-order valence-electron chi connectivity index (χ3n) is 4.93. The Hall–Kier alpha value is -0.610. The van der Waals surface area contributed by atoms with Gasteiger partial charge in [0, 0.05) is 24.8 Å². The first-order valence-corrected chi connectivity index (χ1v) is 8.13. The highest BCUT2D eigenvalue weighted by molar-refractivity contribution is 6.30. The predicted octanol–water partition coefficient (Wildman–Crippen LogP) is 3.66. The van der Waals surface area contributed by atoms with E-state index in [0.717, 1.165) is 61.7 Å². The Labute approximate surface area is 131 Å². The second-order valence-corrected chi connectivity index (χ2v) is 6.78. The lowest BCUT2D eigenvalue weighted by Gasteiger charge is -2.44. The summed E-state index contributed by atoms with van der Waals surface area (Å²) >= 11 is 6.01. The molecule has 3 rings (SSSR count). The van der Waals surface area contributed by atoms with Crippen molar-refractivity contribution in [1.82, 2.24) is 0 Å². The predicted molar refractivity (Wildman–Crippen MR) is 82.6 cm³/mol.